The number of fused-ring (bicyclic) bond motifs is 1. The van der Waals surface area contributed by atoms with E-state index in [4.69, 9.17) is 0 Å². The maximum absolute atomic E-state index is 4.62. The Balaban J connectivity index is 1.65. The lowest BCUT2D eigenvalue weighted by molar-refractivity contribution is 0.454. The smallest absolute Gasteiger partial charge is 0.182 e. The van der Waals surface area contributed by atoms with E-state index in [-0.39, 0.29) is 0 Å². The molecular formula is C16H21N7. The van der Waals surface area contributed by atoms with Crippen molar-refractivity contribution in [3.8, 4) is 0 Å². The largest absolute Gasteiger partial charge is 0.354 e. The second-order valence-electron chi connectivity index (χ2n) is 6.37. The first-order valence-electron chi connectivity index (χ1n) is 8.16. The summed E-state index contributed by atoms with van der Waals surface area (Å²) >= 11 is 0. The minimum Gasteiger partial charge on any atom is -0.354 e. The number of rotatable bonds is 3. The Hall–Kier alpha value is -2.44. The molecule has 1 atom stereocenters. The van der Waals surface area contributed by atoms with Gasteiger partial charge in [0.15, 0.2) is 11.5 Å². The zero-order chi connectivity index (χ0) is 15.8. The van der Waals surface area contributed by atoms with Gasteiger partial charge < -0.3 is 14.5 Å². The molecule has 1 aliphatic heterocycles. The zero-order valence-electron chi connectivity index (χ0n) is 13.5. The minimum absolute atomic E-state index is 0.425. The van der Waals surface area contributed by atoms with Gasteiger partial charge in [-0.2, -0.15) is 0 Å². The summed E-state index contributed by atoms with van der Waals surface area (Å²) in [6.07, 6.45) is 9.56. The topological polar surface area (TPSA) is 75.5 Å². The van der Waals surface area contributed by atoms with Gasteiger partial charge in [-0.25, -0.2) is 19.9 Å². The summed E-state index contributed by atoms with van der Waals surface area (Å²) in [6.45, 7) is 6.33. The Morgan fingerprint density at radius 3 is 3.00 bits per heavy atom. The molecule has 3 aromatic rings. The molecule has 1 N–H and O–H groups in total. The van der Waals surface area contributed by atoms with Crippen LogP contribution in [0.25, 0.3) is 11.2 Å². The van der Waals surface area contributed by atoms with Crippen LogP contribution in [0, 0.1) is 0 Å². The van der Waals surface area contributed by atoms with E-state index in [1.54, 1.807) is 12.7 Å². The van der Waals surface area contributed by atoms with Crippen molar-refractivity contribution >= 4 is 17.0 Å². The molecule has 1 fully saturated rings. The second kappa shape index (κ2) is 5.64. The molecule has 4 heterocycles. The predicted molar refractivity (Wildman–Crippen MR) is 88.5 cm³/mol. The first-order chi connectivity index (χ1) is 11.2. The molecule has 0 saturated carbocycles. The molecule has 3 aromatic heterocycles. The fraction of sp³-hybridized carbons (Fsp3) is 0.500. The molecule has 4 rings (SSSR count). The van der Waals surface area contributed by atoms with Gasteiger partial charge in [-0.15, -0.1) is 0 Å². The molecule has 1 saturated heterocycles. The molecule has 0 bridgehead atoms. The number of aromatic amines is 1. The monoisotopic (exact) mass is 311 g/mol. The van der Waals surface area contributed by atoms with Crippen molar-refractivity contribution in [2.24, 2.45) is 0 Å². The lowest BCUT2D eigenvalue weighted by atomic mass is 9.97. The van der Waals surface area contributed by atoms with Crippen molar-refractivity contribution in [3.63, 3.8) is 0 Å². The minimum atomic E-state index is 0.425. The van der Waals surface area contributed by atoms with E-state index in [0.717, 1.165) is 42.9 Å². The predicted octanol–water partition coefficient (Wildman–Crippen LogP) is 2.51. The third-order valence-corrected chi connectivity index (χ3v) is 4.54. The highest BCUT2D eigenvalue weighted by atomic mass is 15.2. The lowest BCUT2D eigenvalue weighted by Gasteiger charge is -2.33. The van der Waals surface area contributed by atoms with E-state index in [2.05, 4.69) is 54.4 Å². The van der Waals surface area contributed by atoms with Gasteiger partial charge in [-0.1, -0.05) is 0 Å². The van der Waals surface area contributed by atoms with Crippen molar-refractivity contribution in [1.82, 2.24) is 29.5 Å². The van der Waals surface area contributed by atoms with Crippen molar-refractivity contribution in [3.05, 3.63) is 30.9 Å². The van der Waals surface area contributed by atoms with Crippen LogP contribution < -0.4 is 4.90 Å². The highest BCUT2D eigenvalue weighted by Crippen LogP contribution is 2.31. The van der Waals surface area contributed by atoms with E-state index in [9.17, 15) is 0 Å². The van der Waals surface area contributed by atoms with Gasteiger partial charge in [0.25, 0.3) is 0 Å². The zero-order valence-corrected chi connectivity index (χ0v) is 13.5. The van der Waals surface area contributed by atoms with Gasteiger partial charge in [0.1, 0.15) is 17.7 Å². The molecule has 1 unspecified atom stereocenters. The molecular weight excluding hydrogens is 290 g/mol. The SMILES string of the molecule is CC(C)n1ccnc1C1CCCN(c2ncnc3nc[nH]c23)C1. The van der Waals surface area contributed by atoms with Crippen LogP contribution in [0.4, 0.5) is 5.82 Å². The summed E-state index contributed by atoms with van der Waals surface area (Å²) in [5, 5.41) is 0. The average molecular weight is 311 g/mol. The molecule has 1 aliphatic rings. The fourth-order valence-electron chi connectivity index (χ4n) is 3.45. The van der Waals surface area contributed by atoms with Crippen LogP contribution in [-0.4, -0.2) is 42.6 Å². The second-order valence-corrected chi connectivity index (χ2v) is 6.37. The van der Waals surface area contributed by atoms with E-state index in [1.807, 2.05) is 6.20 Å². The van der Waals surface area contributed by atoms with Crippen LogP contribution in [0.3, 0.4) is 0 Å². The highest BCUT2D eigenvalue weighted by molar-refractivity contribution is 5.82. The maximum atomic E-state index is 4.62. The lowest BCUT2D eigenvalue weighted by Crippen LogP contribution is -2.36. The van der Waals surface area contributed by atoms with Crippen molar-refractivity contribution < 1.29 is 0 Å². The number of anilines is 1. The third-order valence-electron chi connectivity index (χ3n) is 4.54. The van der Waals surface area contributed by atoms with E-state index >= 15 is 0 Å². The molecule has 7 nitrogen and oxygen atoms in total. The van der Waals surface area contributed by atoms with E-state index in [0.29, 0.717) is 12.0 Å². The van der Waals surface area contributed by atoms with E-state index < -0.39 is 0 Å². The fourth-order valence-corrected chi connectivity index (χ4v) is 3.45. The number of nitrogens with one attached hydrogen (secondary N) is 1. The van der Waals surface area contributed by atoms with Crippen molar-refractivity contribution in [2.75, 3.05) is 18.0 Å². The van der Waals surface area contributed by atoms with Crippen LogP contribution >= 0.6 is 0 Å². The molecule has 0 amide bonds. The molecule has 120 valence electrons. The highest BCUT2D eigenvalue weighted by Gasteiger charge is 2.27. The Bertz CT molecular complexity index is 803. The van der Waals surface area contributed by atoms with Gasteiger partial charge in [-0.05, 0) is 26.7 Å². The molecule has 0 aliphatic carbocycles. The van der Waals surface area contributed by atoms with E-state index in [1.165, 1.54) is 5.82 Å². The molecule has 0 spiro atoms. The van der Waals surface area contributed by atoms with Crippen molar-refractivity contribution in [1.29, 1.82) is 0 Å². The Kier molecular flexibility index (Phi) is 3.48. The number of nitrogens with zero attached hydrogens (tertiary/aromatic N) is 6. The number of hydrogen-bond acceptors (Lipinski definition) is 5. The van der Waals surface area contributed by atoms with Crippen LogP contribution in [0.2, 0.25) is 0 Å². The Morgan fingerprint density at radius 1 is 1.22 bits per heavy atom. The molecule has 0 radical (unpaired) electrons. The summed E-state index contributed by atoms with van der Waals surface area (Å²) in [7, 11) is 0. The van der Waals surface area contributed by atoms with Crippen LogP contribution in [0.15, 0.2) is 25.0 Å². The summed E-state index contributed by atoms with van der Waals surface area (Å²) in [6, 6.07) is 0.432. The summed E-state index contributed by atoms with van der Waals surface area (Å²) in [4.78, 5) is 23.0. The molecule has 23 heavy (non-hydrogen) atoms. The molecule has 7 heteroatoms. The maximum Gasteiger partial charge on any atom is 0.182 e. The van der Waals surface area contributed by atoms with Gasteiger partial charge in [0.05, 0.1) is 6.33 Å². The normalized spacial score (nSPS) is 18.9. The van der Waals surface area contributed by atoms with Crippen LogP contribution in [0.1, 0.15) is 44.5 Å². The number of piperidine rings is 1. The van der Waals surface area contributed by atoms with Gasteiger partial charge in [0, 0.05) is 37.4 Å². The summed E-state index contributed by atoms with van der Waals surface area (Å²) < 4.78 is 2.28. The van der Waals surface area contributed by atoms with Crippen LogP contribution in [-0.2, 0) is 0 Å². The van der Waals surface area contributed by atoms with Crippen molar-refractivity contribution in [2.45, 2.75) is 38.6 Å². The Labute approximate surface area is 134 Å². The average Bonchev–Trinajstić information content (AvgIpc) is 3.23. The van der Waals surface area contributed by atoms with Gasteiger partial charge >= 0.3 is 0 Å². The number of hydrogen-bond donors (Lipinski definition) is 1. The number of aromatic nitrogens is 6. The van der Waals surface area contributed by atoms with Gasteiger partial charge in [-0.3, -0.25) is 0 Å². The number of H-pyrrole nitrogens is 1. The summed E-state index contributed by atoms with van der Waals surface area (Å²) in [5.74, 6) is 2.55. The quantitative estimate of drug-likeness (QED) is 0.804. The summed E-state index contributed by atoms with van der Waals surface area (Å²) in [5.41, 5.74) is 1.64. The first kappa shape index (κ1) is 14.2. The van der Waals surface area contributed by atoms with Crippen LogP contribution in [0.5, 0.6) is 0 Å². The molecule has 0 aromatic carbocycles. The third kappa shape index (κ3) is 2.46. The number of imidazole rings is 2. The Morgan fingerprint density at radius 2 is 2.13 bits per heavy atom. The first-order valence-corrected chi connectivity index (χ1v) is 8.16. The standard InChI is InChI=1S/C16H21N7/c1-11(2)23-7-5-17-15(23)12-4-3-6-22(8-12)16-13-14(19-9-18-13)20-10-21-16/h5,7,9-12H,3-4,6,8H2,1-2H3,(H,18,19,20,21). The van der Waals surface area contributed by atoms with Gasteiger partial charge in [0.2, 0.25) is 0 Å².